The number of benzene rings is 1. The van der Waals surface area contributed by atoms with Gasteiger partial charge in [0.2, 0.25) is 0 Å². The van der Waals surface area contributed by atoms with E-state index >= 15 is 0 Å². The lowest BCUT2D eigenvalue weighted by atomic mass is 10.1. The molecule has 0 aliphatic rings. The molecule has 0 radical (unpaired) electrons. The average molecular weight is 237 g/mol. The highest BCUT2D eigenvalue weighted by atomic mass is 16.4. The number of nitrogens with two attached hydrogens (primary N) is 1. The summed E-state index contributed by atoms with van der Waals surface area (Å²) in [6, 6.07) is 3.89. The Labute approximate surface area is 98.6 Å². The van der Waals surface area contributed by atoms with E-state index in [1.54, 1.807) is 12.1 Å². The van der Waals surface area contributed by atoms with Crippen molar-refractivity contribution in [3.63, 3.8) is 0 Å². The zero-order valence-electron chi connectivity index (χ0n) is 9.40. The molecule has 0 heterocycles. The second-order valence-corrected chi connectivity index (χ2v) is 3.70. The highest BCUT2D eigenvalue weighted by molar-refractivity contribution is 5.95. The maximum atomic E-state index is 10.6. The molecule has 6 heteroatoms. The van der Waals surface area contributed by atoms with Crippen LogP contribution in [0.2, 0.25) is 0 Å². The Balaban J connectivity index is 2.73. The van der Waals surface area contributed by atoms with Crippen molar-refractivity contribution in [2.75, 3.05) is 0 Å². The van der Waals surface area contributed by atoms with Crippen LogP contribution >= 0.6 is 0 Å². The number of phenols is 1. The molecule has 0 saturated carbocycles. The van der Waals surface area contributed by atoms with Crippen molar-refractivity contribution in [2.24, 2.45) is 5.73 Å². The molecule has 0 bridgehead atoms. The van der Waals surface area contributed by atoms with Crippen molar-refractivity contribution in [3.8, 4) is 5.75 Å². The molecule has 0 fully saturated rings. The van der Waals surface area contributed by atoms with Crippen LogP contribution in [0.1, 0.15) is 18.1 Å². The van der Waals surface area contributed by atoms with Gasteiger partial charge < -0.3 is 21.3 Å². The number of nitrogens with one attached hydrogen (secondary N) is 2. The molecule has 1 atom stereocenters. The molecule has 1 rings (SSSR count). The highest BCUT2D eigenvalue weighted by Crippen LogP contribution is 2.18. The largest absolute Gasteiger partial charge is 0.508 e. The third kappa shape index (κ3) is 3.46. The average Bonchev–Trinajstić information content (AvgIpc) is 2.26. The molecule has 0 saturated heterocycles. The highest BCUT2D eigenvalue weighted by Gasteiger charge is 2.11. The first kappa shape index (κ1) is 13.0. The normalized spacial score (nSPS) is 12.1. The molecule has 92 valence electrons. The summed E-state index contributed by atoms with van der Waals surface area (Å²) in [6.45, 7) is 1.75. The van der Waals surface area contributed by atoms with Gasteiger partial charge in [0, 0.05) is 17.7 Å². The zero-order chi connectivity index (χ0) is 13.0. The van der Waals surface area contributed by atoms with E-state index in [9.17, 15) is 9.90 Å². The van der Waals surface area contributed by atoms with Gasteiger partial charge in [-0.05, 0) is 13.0 Å². The first-order valence-corrected chi connectivity index (χ1v) is 5.04. The minimum atomic E-state index is -0.954. The monoisotopic (exact) mass is 237 g/mol. The summed E-state index contributed by atoms with van der Waals surface area (Å²) in [5.74, 6) is -1.09. The lowest BCUT2D eigenvalue weighted by Crippen LogP contribution is -2.33. The van der Waals surface area contributed by atoms with E-state index in [0.29, 0.717) is 11.1 Å². The van der Waals surface area contributed by atoms with Gasteiger partial charge in [0.15, 0.2) is 0 Å². The summed E-state index contributed by atoms with van der Waals surface area (Å²) in [5, 5.41) is 28.3. The van der Waals surface area contributed by atoms with Crippen LogP contribution in [0.5, 0.6) is 5.75 Å². The van der Waals surface area contributed by atoms with Crippen molar-refractivity contribution in [3.05, 3.63) is 29.3 Å². The third-order valence-corrected chi connectivity index (χ3v) is 2.37. The molecule has 1 aromatic carbocycles. The fourth-order valence-corrected chi connectivity index (χ4v) is 1.23. The SMILES string of the molecule is C[C@H](NCc1ccc(C(=N)N)cc1O)C(=O)O. The predicted octanol–water partition coefficient (Wildman–Crippen LogP) is 0.239. The van der Waals surface area contributed by atoms with Gasteiger partial charge in [0.05, 0.1) is 0 Å². The molecular weight excluding hydrogens is 222 g/mol. The second-order valence-electron chi connectivity index (χ2n) is 3.70. The van der Waals surface area contributed by atoms with Crippen LogP contribution in [0.4, 0.5) is 0 Å². The summed E-state index contributed by atoms with van der Waals surface area (Å²) < 4.78 is 0. The summed E-state index contributed by atoms with van der Waals surface area (Å²) in [5.41, 5.74) is 6.26. The number of carboxylic acid groups (broad SMARTS) is 1. The number of hydrogen-bond donors (Lipinski definition) is 5. The van der Waals surface area contributed by atoms with Gasteiger partial charge in [-0.15, -0.1) is 0 Å². The Morgan fingerprint density at radius 1 is 1.59 bits per heavy atom. The van der Waals surface area contributed by atoms with E-state index in [0.717, 1.165) is 0 Å². The van der Waals surface area contributed by atoms with Gasteiger partial charge in [-0.3, -0.25) is 10.2 Å². The van der Waals surface area contributed by atoms with Crippen molar-refractivity contribution >= 4 is 11.8 Å². The molecule has 6 nitrogen and oxygen atoms in total. The Bertz CT molecular complexity index is 446. The Morgan fingerprint density at radius 2 is 2.24 bits per heavy atom. The van der Waals surface area contributed by atoms with E-state index in [2.05, 4.69) is 5.32 Å². The fraction of sp³-hybridized carbons (Fsp3) is 0.273. The number of carbonyl (C=O) groups is 1. The Kier molecular flexibility index (Phi) is 4.06. The van der Waals surface area contributed by atoms with Gasteiger partial charge in [-0.1, -0.05) is 12.1 Å². The number of carboxylic acids is 1. The third-order valence-electron chi connectivity index (χ3n) is 2.37. The standard InChI is InChI=1S/C11H15N3O3/c1-6(11(16)17)14-5-8-3-2-7(10(12)13)4-9(8)15/h2-4,6,14-15H,5H2,1H3,(H3,12,13)(H,16,17)/t6-/m0/s1. The van der Waals surface area contributed by atoms with Gasteiger partial charge >= 0.3 is 5.97 Å². The maximum absolute atomic E-state index is 10.6. The molecule has 0 amide bonds. The van der Waals surface area contributed by atoms with Crippen LogP contribution in [-0.4, -0.2) is 28.1 Å². The van der Waals surface area contributed by atoms with E-state index in [4.69, 9.17) is 16.2 Å². The summed E-state index contributed by atoms with van der Waals surface area (Å²) in [4.78, 5) is 10.6. The number of hydrogen-bond acceptors (Lipinski definition) is 4. The van der Waals surface area contributed by atoms with Gasteiger partial charge in [0.25, 0.3) is 0 Å². The number of amidine groups is 1. The predicted molar refractivity (Wildman–Crippen MR) is 63.1 cm³/mol. The number of aromatic hydroxyl groups is 1. The lowest BCUT2D eigenvalue weighted by Gasteiger charge is -2.11. The van der Waals surface area contributed by atoms with Crippen molar-refractivity contribution in [1.82, 2.24) is 5.32 Å². The van der Waals surface area contributed by atoms with Gasteiger partial charge in [0.1, 0.15) is 17.6 Å². The second kappa shape index (κ2) is 5.31. The molecule has 0 aliphatic carbocycles. The van der Waals surface area contributed by atoms with Crippen LogP contribution in [-0.2, 0) is 11.3 Å². The van der Waals surface area contributed by atoms with Crippen LogP contribution in [0.25, 0.3) is 0 Å². The van der Waals surface area contributed by atoms with Crippen molar-refractivity contribution in [1.29, 1.82) is 5.41 Å². The molecule has 0 aromatic heterocycles. The maximum Gasteiger partial charge on any atom is 0.320 e. The first-order valence-electron chi connectivity index (χ1n) is 5.04. The lowest BCUT2D eigenvalue weighted by molar-refractivity contribution is -0.139. The first-order chi connectivity index (χ1) is 7.91. The van der Waals surface area contributed by atoms with E-state index < -0.39 is 12.0 Å². The van der Waals surface area contributed by atoms with Crippen LogP contribution in [0, 0.1) is 5.41 Å². The Morgan fingerprint density at radius 3 is 2.71 bits per heavy atom. The van der Waals surface area contributed by atoms with E-state index in [1.165, 1.54) is 13.0 Å². The molecule has 0 aliphatic heterocycles. The smallest absolute Gasteiger partial charge is 0.320 e. The topological polar surface area (TPSA) is 119 Å². The summed E-state index contributed by atoms with van der Waals surface area (Å²) in [6.07, 6.45) is 0. The van der Waals surface area contributed by atoms with Crippen molar-refractivity contribution < 1.29 is 15.0 Å². The van der Waals surface area contributed by atoms with Gasteiger partial charge in [-0.25, -0.2) is 0 Å². The van der Waals surface area contributed by atoms with E-state index in [-0.39, 0.29) is 18.1 Å². The molecule has 1 aromatic rings. The molecule has 17 heavy (non-hydrogen) atoms. The van der Waals surface area contributed by atoms with Crippen molar-refractivity contribution in [2.45, 2.75) is 19.5 Å². The molecule has 0 unspecified atom stereocenters. The summed E-state index contributed by atoms with van der Waals surface area (Å²) >= 11 is 0. The fourth-order valence-electron chi connectivity index (χ4n) is 1.23. The quantitative estimate of drug-likeness (QED) is 0.371. The minimum absolute atomic E-state index is 0.0113. The zero-order valence-corrected chi connectivity index (χ0v) is 9.40. The number of rotatable bonds is 5. The van der Waals surface area contributed by atoms with Crippen LogP contribution < -0.4 is 11.1 Å². The van der Waals surface area contributed by atoms with Crippen LogP contribution in [0.3, 0.4) is 0 Å². The number of phenolic OH excluding ortho intramolecular Hbond substituents is 1. The van der Waals surface area contributed by atoms with Gasteiger partial charge in [-0.2, -0.15) is 0 Å². The summed E-state index contributed by atoms with van der Waals surface area (Å²) in [7, 11) is 0. The van der Waals surface area contributed by atoms with E-state index in [1.807, 2.05) is 0 Å². The molecular formula is C11H15N3O3. The Hall–Kier alpha value is -2.08. The molecule has 0 spiro atoms. The number of nitrogen functional groups attached to an aromatic ring is 1. The minimum Gasteiger partial charge on any atom is -0.508 e. The van der Waals surface area contributed by atoms with Crippen LogP contribution in [0.15, 0.2) is 18.2 Å². The number of aliphatic carboxylic acids is 1. The molecule has 6 N–H and O–H groups in total.